The molecule has 2 aliphatic rings. The molecule has 0 heterocycles. The predicted molar refractivity (Wildman–Crippen MR) is 167 cm³/mol. The van der Waals surface area contributed by atoms with Gasteiger partial charge in [0.1, 0.15) is 5.71 Å². The fourth-order valence-electron chi connectivity index (χ4n) is 6.82. The second-order valence-electron chi connectivity index (χ2n) is 11.8. The maximum absolute atomic E-state index is 13.6. The smallest absolute Gasteiger partial charge is 0.318 e. The molecular weight excluding hydrogens is 522 g/mol. The Bertz CT molecular complexity index is 1510. The number of carbonyl (C=O) groups excluding carboxylic acids is 3. The van der Waals surface area contributed by atoms with Gasteiger partial charge in [0, 0.05) is 35.4 Å². The van der Waals surface area contributed by atoms with Crippen LogP contribution in [0.5, 0.6) is 0 Å². The molecule has 218 valence electrons. The van der Waals surface area contributed by atoms with E-state index in [-0.39, 0.29) is 22.7 Å². The van der Waals surface area contributed by atoms with E-state index < -0.39 is 5.97 Å². The number of carbonyl (C=O) groups is 3. The van der Waals surface area contributed by atoms with Crippen LogP contribution in [0.4, 0.5) is 0 Å². The zero-order valence-electron chi connectivity index (χ0n) is 25.1. The predicted octanol–water partition coefficient (Wildman–Crippen LogP) is 8.78. The Morgan fingerprint density at radius 1 is 0.762 bits per heavy atom. The van der Waals surface area contributed by atoms with E-state index in [1.54, 1.807) is 0 Å². The third kappa shape index (κ3) is 5.74. The number of hydrogen-bond acceptors (Lipinski definition) is 5. The minimum Gasteiger partial charge on any atom is -0.318 e. The highest BCUT2D eigenvalue weighted by atomic mass is 16.7. The number of Topliss-reactive ketones (excluding diaryl/α,β-unsaturated/α-hetero) is 1. The molecule has 42 heavy (non-hydrogen) atoms. The van der Waals surface area contributed by atoms with Gasteiger partial charge >= 0.3 is 5.97 Å². The molecule has 0 amide bonds. The van der Waals surface area contributed by atoms with Crippen LogP contribution >= 0.6 is 0 Å². The van der Waals surface area contributed by atoms with Crippen molar-refractivity contribution in [2.45, 2.75) is 96.8 Å². The minimum absolute atomic E-state index is 0.0317. The Morgan fingerprint density at radius 3 is 2.07 bits per heavy atom. The SMILES string of the molecule is CCCCCCC1(CCCCCC)c2cc(C(=O)c3ccccc3)ccc2-c2cc3c(cc21)C(=O)/C(=N/OC(C)=O)C3. The summed E-state index contributed by atoms with van der Waals surface area (Å²) in [5.74, 6) is -0.679. The molecule has 3 aromatic rings. The lowest BCUT2D eigenvalue weighted by Gasteiger charge is -2.33. The van der Waals surface area contributed by atoms with Gasteiger partial charge in [-0.25, -0.2) is 4.79 Å². The van der Waals surface area contributed by atoms with Crippen molar-refractivity contribution in [1.29, 1.82) is 0 Å². The number of oxime groups is 1. The zero-order chi connectivity index (χ0) is 29.7. The van der Waals surface area contributed by atoms with Gasteiger partial charge in [-0.3, -0.25) is 9.59 Å². The summed E-state index contributed by atoms with van der Waals surface area (Å²) in [7, 11) is 0. The molecular formula is C37H41NO4. The number of nitrogens with zero attached hydrogens (tertiary/aromatic N) is 1. The van der Waals surface area contributed by atoms with E-state index in [2.05, 4.69) is 43.3 Å². The molecule has 0 bridgehead atoms. The summed E-state index contributed by atoms with van der Waals surface area (Å²) in [6.45, 7) is 5.74. The fraction of sp³-hybridized carbons (Fsp3) is 0.405. The lowest BCUT2D eigenvalue weighted by molar-refractivity contribution is -0.140. The van der Waals surface area contributed by atoms with Gasteiger partial charge in [0.15, 0.2) is 5.78 Å². The summed E-state index contributed by atoms with van der Waals surface area (Å²) in [5.41, 5.74) is 7.66. The molecule has 3 aromatic carbocycles. The van der Waals surface area contributed by atoms with Gasteiger partial charge in [-0.2, -0.15) is 0 Å². The highest BCUT2D eigenvalue weighted by Gasteiger charge is 2.44. The first-order chi connectivity index (χ1) is 20.4. The number of benzene rings is 3. The van der Waals surface area contributed by atoms with Crippen LogP contribution < -0.4 is 0 Å². The Labute approximate surface area is 249 Å². The van der Waals surface area contributed by atoms with Gasteiger partial charge in [0.05, 0.1) is 0 Å². The molecule has 0 aromatic heterocycles. The highest BCUT2D eigenvalue weighted by Crippen LogP contribution is 2.55. The number of hydrogen-bond donors (Lipinski definition) is 0. The summed E-state index contributed by atoms with van der Waals surface area (Å²) in [6.07, 6.45) is 11.5. The molecule has 0 spiro atoms. The van der Waals surface area contributed by atoms with Crippen LogP contribution in [-0.2, 0) is 21.5 Å². The molecule has 5 heteroatoms. The Balaban J connectivity index is 1.64. The largest absolute Gasteiger partial charge is 0.331 e. The number of unbranched alkanes of at least 4 members (excludes halogenated alkanes) is 6. The van der Waals surface area contributed by atoms with Crippen molar-refractivity contribution in [2.75, 3.05) is 0 Å². The van der Waals surface area contributed by atoms with E-state index >= 15 is 0 Å². The first-order valence-corrected chi connectivity index (χ1v) is 15.6. The van der Waals surface area contributed by atoms with Gasteiger partial charge in [-0.15, -0.1) is 0 Å². The molecule has 5 rings (SSSR count). The Morgan fingerprint density at radius 2 is 1.43 bits per heavy atom. The average Bonchev–Trinajstić information content (AvgIpc) is 3.46. The van der Waals surface area contributed by atoms with Crippen molar-refractivity contribution < 1.29 is 19.2 Å². The minimum atomic E-state index is -0.540. The van der Waals surface area contributed by atoms with E-state index in [4.69, 9.17) is 4.84 Å². The molecule has 0 N–H and O–H groups in total. The van der Waals surface area contributed by atoms with Crippen molar-refractivity contribution >= 4 is 23.2 Å². The van der Waals surface area contributed by atoms with E-state index in [0.717, 1.165) is 55.2 Å². The number of rotatable bonds is 13. The van der Waals surface area contributed by atoms with Crippen molar-refractivity contribution in [2.24, 2.45) is 5.16 Å². The van der Waals surface area contributed by atoms with Crippen LogP contribution in [0.25, 0.3) is 11.1 Å². The Kier molecular flexibility index (Phi) is 9.15. The molecule has 0 saturated carbocycles. The number of fused-ring (bicyclic) bond motifs is 4. The van der Waals surface area contributed by atoms with Crippen LogP contribution in [0, 0.1) is 0 Å². The second kappa shape index (κ2) is 13.0. The first-order valence-electron chi connectivity index (χ1n) is 15.6. The van der Waals surface area contributed by atoms with Crippen LogP contribution in [0.1, 0.15) is 128 Å². The summed E-state index contributed by atoms with van der Waals surface area (Å²) in [4.78, 5) is 43.2. The van der Waals surface area contributed by atoms with Crippen LogP contribution in [0.3, 0.4) is 0 Å². The van der Waals surface area contributed by atoms with Gasteiger partial charge < -0.3 is 4.84 Å². The molecule has 2 aliphatic carbocycles. The molecule has 5 nitrogen and oxygen atoms in total. The monoisotopic (exact) mass is 563 g/mol. The molecule has 0 fully saturated rings. The van der Waals surface area contributed by atoms with Crippen LogP contribution in [0.2, 0.25) is 0 Å². The van der Waals surface area contributed by atoms with Crippen molar-refractivity contribution in [1.82, 2.24) is 0 Å². The molecule has 0 unspecified atom stereocenters. The van der Waals surface area contributed by atoms with Crippen molar-refractivity contribution in [3.8, 4) is 11.1 Å². The van der Waals surface area contributed by atoms with Gasteiger partial charge in [0.2, 0.25) is 5.78 Å². The summed E-state index contributed by atoms with van der Waals surface area (Å²) >= 11 is 0. The van der Waals surface area contributed by atoms with E-state index in [1.807, 2.05) is 36.4 Å². The summed E-state index contributed by atoms with van der Waals surface area (Å²) in [5, 5.41) is 3.88. The lowest BCUT2D eigenvalue weighted by Crippen LogP contribution is -2.26. The zero-order valence-corrected chi connectivity index (χ0v) is 25.1. The third-order valence-electron chi connectivity index (χ3n) is 8.95. The lowest BCUT2D eigenvalue weighted by atomic mass is 9.70. The van der Waals surface area contributed by atoms with Gasteiger partial charge in [0.25, 0.3) is 0 Å². The summed E-state index contributed by atoms with van der Waals surface area (Å²) < 4.78 is 0. The quantitative estimate of drug-likeness (QED) is 0.0902. The topological polar surface area (TPSA) is 72.8 Å². The molecule has 0 saturated heterocycles. The highest BCUT2D eigenvalue weighted by molar-refractivity contribution is 6.49. The average molecular weight is 564 g/mol. The van der Waals surface area contributed by atoms with Gasteiger partial charge in [-0.1, -0.05) is 113 Å². The molecule has 0 atom stereocenters. The molecule has 0 aliphatic heterocycles. The fourth-order valence-corrected chi connectivity index (χ4v) is 6.82. The molecule has 0 radical (unpaired) electrons. The number of ketones is 2. The van der Waals surface area contributed by atoms with E-state index in [0.29, 0.717) is 23.1 Å². The maximum atomic E-state index is 13.6. The van der Waals surface area contributed by atoms with Crippen LogP contribution in [-0.4, -0.2) is 23.2 Å². The third-order valence-corrected chi connectivity index (χ3v) is 8.95. The van der Waals surface area contributed by atoms with Gasteiger partial charge in [-0.05, 0) is 58.9 Å². The normalized spacial score (nSPS) is 15.4. The Hall–Kier alpha value is -3.86. The second-order valence-corrected chi connectivity index (χ2v) is 11.8. The van der Waals surface area contributed by atoms with Crippen molar-refractivity contribution in [3.05, 3.63) is 94.0 Å². The summed E-state index contributed by atoms with van der Waals surface area (Å²) in [6, 6.07) is 19.9. The first kappa shape index (κ1) is 29.6. The standard InChI is InChI=1S/C37H41NO4/c1-4-6-8-13-19-37(20-14-9-7-5-2)32-22-27(35(40)26-15-11-10-12-16-26)17-18-29(32)31-21-28-23-34(38-42-25(3)39)36(41)30(28)24-33(31)37/h10-12,15-18,21-22,24H,4-9,13-14,19-20,23H2,1-3H3/b38-34+. The van der Waals surface area contributed by atoms with E-state index in [9.17, 15) is 14.4 Å². The van der Waals surface area contributed by atoms with Crippen LogP contribution in [0.15, 0.2) is 65.8 Å². The van der Waals surface area contributed by atoms with Crippen molar-refractivity contribution in [3.63, 3.8) is 0 Å². The van der Waals surface area contributed by atoms with E-state index in [1.165, 1.54) is 43.7 Å². The maximum Gasteiger partial charge on any atom is 0.331 e.